The summed E-state index contributed by atoms with van der Waals surface area (Å²) < 4.78 is 40.4. The SMILES string of the molecule is FC(F)(F)COCCN1CCCC1CNC1CC1. The van der Waals surface area contributed by atoms with Crippen LogP contribution in [0.2, 0.25) is 0 Å². The van der Waals surface area contributed by atoms with Crippen LogP contribution < -0.4 is 5.32 Å². The number of alkyl halides is 3. The second-order valence-electron chi connectivity index (χ2n) is 5.18. The van der Waals surface area contributed by atoms with Crippen molar-refractivity contribution in [1.29, 1.82) is 0 Å². The molecule has 1 heterocycles. The van der Waals surface area contributed by atoms with Gasteiger partial charge in [-0.2, -0.15) is 13.2 Å². The van der Waals surface area contributed by atoms with Crippen molar-refractivity contribution in [3.05, 3.63) is 0 Å². The largest absolute Gasteiger partial charge is 0.411 e. The van der Waals surface area contributed by atoms with Crippen LogP contribution in [0.5, 0.6) is 0 Å². The summed E-state index contributed by atoms with van der Waals surface area (Å²) in [4.78, 5) is 2.24. The Kier molecular flexibility index (Phi) is 4.86. The van der Waals surface area contributed by atoms with E-state index in [2.05, 4.69) is 15.0 Å². The van der Waals surface area contributed by atoms with Crippen LogP contribution in [0.15, 0.2) is 0 Å². The number of nitrogens with one attached hydrogen (secondary N) is 1. The molecule has 1 unspecified atom stereocenters. The van der Waals surface area contributed by atoms with E-state index in [4.69, 9.17) is 0 Å². The molecular weight excluding hydrogens is 245 g/mol. The van der Waals surface area contributed by atoms with Crippen molar-refractivity contribution in [2.75, 3.05) is 32.8 Å². The van der Waals surface area contributed by atoms with E-state index in [1.807, 2.05) is 0 Å². The topological polar surface area (TPSA) is 24.5 Å². The van der Waals surface area contributed by atoms with Gasteiger partial charge in [0, 0.05) is 25.2 Å². The molecule has 2 fully saturated rings. The van der Waals surface area contributed by atoms with Gasteiger partial charge in [-0.3, -0.25) is 4.90 Å². The Morgan fingerprint density at radius 3 is 2.67 bits per heavy atom. The maximum absolute atomic E-state index is 11.9. The Bertz CT molecular complexity index is 256. The molecule has 1 saturated heterocycles. The van der Waals surface area contributed by atoms with Gasteiger partial charge in [-0.05, 0) is 32.2 Å². The molecule has 0 bridgehead atoms. The molecule has 0 aromatic heterocycles. The molecule has 18 heavy (non-hydrogen) atoms. The Morgan fingerprint density at radius 1 is 1.22 bits per heavy atom. The lowest BCUT2D eigenvalue weighted by Crippen LogP contribution is -2.40. The molecule has 1 aliphatic carbocycles. The van der Waals surface area contributed by atoms with Gasteiger partial charge in [0.1, 0.15) is 6.61 Å². The smallest absolute Gasteiger partial charge is 0.371 e. The quantitative estimate of drug-likeness (QED) is 0.711. The summed E-state index contributed by atoms with van der Waals surface area (Å²) in [7, 11) is 0. The molecule has 0 radical (unpaired) electrons. The summed E-state index contributed by atoms with van der Waals surface area (Å²) in [6.45, 7) is 1.58. The standard InChI is InChI=1S/C12H21F3N2O/c13-12(14,15)9-18-7-6-17-5-1-2-11(17)8-16-10-3-4-10/h10-11,16H,1-9H2. The van der Waals surface area contributed by atoms with Gasteiger partial charge in [-0.1, -0.05) is 0 Å². The van der Waals surface area contributed by atoms with E-state index in [1.165, 1.54) is 12.8 Å². The van der Waals surface area contributed by atoms with E-state index in [1.54, 1.807) is 0 Å². The summed E-state index contributed by atoms with van der Waals surface area (Å²) in [5, 5.41) is 3.48. The minimum Gasteiger partial charge on any atom is -0.371 e. The van der Waals surface area contributed by atoms with E-state index in [-0.39, 0.29) is 6.61 Å². The molecule has 6 heteroatoms. The average Bonchev–Trinajstić information content (AvgIpc) is 3.01. The summed E-state index contributed by atoms with van der Waals surface area (Å²) in [5.74, 6) is 0. The van der Waals surface area contributed by atoms with Crippen molar-refractivity contribution >= 4 is 0 Å². The van der Waals surface area contributed by atoms with Crippen LogP contribution in [0, 0.1) is 0 Å². The van der Waals surface area contributed by atoms with Gasteiger partial charge in [0.2, 0.25) is 0 Å². The molecule has 1 atom stereocenters. The van der Waals surface area contributed by atoms with Crippen molar-refractivity contribution in [2.45, 2.75) is 43.9 Å². The first kappa shape index (κ1) is 14.1. The third kappa shape index (κ3) is 5.12. The van der Waals surface area contributed by atoms with Crippen LogP contribution in [-0.2, 0) is 4.74 Å². The van der Waals surface area contributed by atoms with Gasteiger partial charge in [0.25, 0.3) is 0 Å². The fourth-order valence-electron chi connectivity index (χ4n) is 2.38. The molecule has 1 saturated carbocycles. The zero-order valence-corrected chi connectivity index (χ0v) is 10.5. The van der Waals surface area contributed by atoms with E-state index in [0.717, 1.165) is 25.9 Å². The van der Waals surface area contributed by atoms with Gasteiger partial charge in [0.15, 0.2) is 0 Å². The van der Waals surface area contributed by atoms with Crippen LogP contribution in [0.4, 0.5) is 13.2 Å². The third-order valence-corrected chi connectivity index (χ3v) is 3.51. The van der Waals surface area contributed by atoms with Crippen LogP contribution in [0.3, 0.4) is 0 Å². The zero-order chi connectivity index (χ0) is 13.0. The molecule has 106 valence electrons. The molecule has 0 spiro atoms. The van der Waals surface area contributed by atoms with Crippen LogP contribution in [0.25, 0.3) is 0 Å². The third-order valence-electron chi connectivity index (χ3n) is 3.51. The number of rotatable bonds is 7. The highest BCUT2D eigenvalue weighted by Gasteiger charge is 2.29. The van der Waals surface area contributed by atoms with Crippen molar-refractivity contribution < 1.29 is 17.9 Å². The predicted octanol–water partition coefficient (Wildman–Crippen LogP) is 1.78. The Balaban J connectivity index is 1.58. The van der Waals surface area contributed by atoms with Gasteiger partial charge in [-0.15, -0.1) is 0 Å². The predicted molar refractivity (Wildman–Crippen MR) is 62.5 cm³/mol. The number of nitrogens with zero attached hydrogens (tertiary/aromatic N) is 1. The van der Waals surface area contributed by atoms with Gasteiger partial charge in [-0.25, -0.2) is 0 Å². The first-order valence-corrected chi connectivity index (χ1v) is 6.66. The van der Waals surface area contributed by atoms with E-state index >= 15 is 0 Å². The Morgan fingerprint density at radius 2 is 2.00 bits per heavy atom. The van der Waals surface area contributed by atoms with Crippen LogP contribution >= 0.6 is 0 Å². The molecule has 3 nitrogen and oxygen atoms in total. The van der Waals surface area contributed by atoms with Crippen LogP contribution in [0.1, 0.15) is 25.7 Å². The molecular formula is C12H21F3N2O. The minimum absolute atomic E-state index is 0.166. The zero-order valence-electron chi connectivity index (χ0n) is 10.5. The second kappa shape index (κ2) is 6.21. The number of hydrogen-bond donors (Lipinski definition) is 1. The minimum atomic E-state index is -4.21. The highest BCUT2D eigenvalue weighted by molar-refractivity contribution is 4.86. The monoisotopic (exact) mass is 266 g/mol. The summed E-state index contributed by atoms with van der Waals surface area (Å²) in [5.41, 5.74) is 0. The van der Waals surface area contributed by atoms with E-state index in [0.29, 0.717) is 18.6 Å². The molecule has 0 amide bonds. The van der Waals surface area contributed by atoms with E-state index < -0.39 is 12.8 Å². The van der Waals surface area contributed by atoms with Crippen LogP contribution in [-0.4, -0.2) is 56.0 Å². The lowest BCUT2D eigenvalue weighted by molar-refractivity contribution is -0.174. The van der Waals surface area contributed by atoms with Crippen molar-refractivity contribution in [1.82, 2.24) is 10.2 Å². The molecule has 1 N–H and O–H groups in total. The first-order chi connectivity index (χ1) is 8.54. The number of ether oxygens (including phenoxy) is 1. The lowest BCUT2D eigenvalue weighted by atomic mass is 10.2. The normalized spacial score (nSPS) is 25.8. The molecule has 0 aromatic rings. The fourth-order valence-corrected chi connectivity index (χ4v) is 2.38. The summed E-state index contributed by atoms with van der Waals surface area (Å²) in [6.07, 6.45) is 0.593. The second-order valence-corrected chi connectivity index (χ2v) is 5.18. The van der Waals surface area contributed by atoms with Crippen molar-refractivity contribution in [3.8, 4) is 0 Å². The van der Waals surface area contributed by atoms with E-state index in [9.17, 15) is 13.2 Å². The lowest BCUT2D eigenvalue weighted by Gasteiger charge is -2.24. The number of likely N-dealkylation sites (tertiary alicyclic amines) is 1. The Hall–Kier alpha value is -0.330. The molecule has 0 aromatic carbocycles. The number of hydrogen-bond acceptors (Lipinski definition) is 3. The Labute approximate surface area is 106 Å². The van der Waals surface area contributed by atoms with Gasteiger partial charge in [0.05, 0.1) is 6.61 Å². The first-order valence-electron chi connectivity index (χ1n) is 6.66. The van der Waals surface area contributed by atoms with Gasteiger partial charge < -0.3 is 10.1 Å². The fraction of sp³-hybridized carbons (Fsp3) is 1.00. The van der Waals surface area contributed by atoms with Gasteiger partial charge >= 0.3 is 6.18 Å². The summed E-state index contributed by atoms with van der Waals surface area (Å²) >= 11 is 0. The summed E-state index contributed by atoms with van der Waals surface area (Å²) in [6, 6.07) is 1.16. The average molecular weight is 266 g/mol. The molecule has 2 aliphatic rings. The highest BCUT2D eigenvalue weighted by Crippen LogP contribution is 2.21. The molecule has 1 aliphatic heterocycles. The van der Waals surface area contributed by atoms with Crippen molar-refractivity contribution in [3.63, 3.8) is 0 Å². The maximum Gasteiger partial charge on any atom is 0.411 e. The number of halogens is 3. The highest BCUT2D eigenvalue weighted by atomic mass is 19.4. The van der Waals surface area contributed by atoms with Crippen molar-refractivity contribution in [2.24, 2.45) is 0 Å². The molecule has 2 rings (SSSR count). The maximum atomic E-state index is 11.9.